The fourth-order valence-electron chi connectivity index (χ4n) is 1.87. The quantitative estimate of drug-likeness (QED) is 0.849. The summed E-state index contributed by atoms with van der Waals surface area (Å²) in [5, 5.41) is 2.53. The van der Waals surface area contributed by atoms with E-state index in [4.69, 9.17) is 0 Å². The van der Waals surface area contributed by atoms with Crippen molar-refractivity contribution in [1.29, 1.82) is 0 Å². The van der Waals surface area contributed by atoms with Gasteiger partial charge in [0.25, 0.3) is 0 Å². The molecule has 1 aromatic heterocycles. The van der Waals surface area contributed by atoms with Gasteiger partial charge >= 0.3 is 6.09 Å². The summed E-state index contributed by atoms with van der Waals surface area (Å²) < 4.78 is 4.51. The molecule has 98 valence electrons. The molecule has 1 fully saturated rings. The van der Waals surface area contributed by atoms with E-state index in [9.17, 15) is 4.79 Å². The predicted octanol–water partition coefficient (Wildman–Crippen LogP) is 1.01. The topological polar surface area (TPSA) is 57.7 Å². The number of ether oxygens (including phenoxy) is 1. The number of carbonyl (C=O) groups is 1. The number of piperazine rings is 1. The fourth-order valence-corrected chi connectivity index (χ4v) is 1.87. The number of methoxy groups -OCH3 is 1. The number of carbonyl (C=O) groups excluding carboxylic acids is 1. The Labute approximate surface area is 107 Å². The number of anilines is 2. The van der Waals surface area contributed by atoms with Crippen molar-refractivity contribution in [3.63, 3.8) is 0 Å². The second-order valence-electron chi connectivity index (χ2n) is 4.31. The molecule has 1 N–H and O–H groups in total. The third-order valence-electron chi connectivity index (χ3n) is 3.03. The van der Waals surface area contributed by atoms with Crippen molar-refractivity contribution in [2.45, 2.75) is 0 Å². The average molecular weight is 250 g/mol. The van der Waals surface area contributed by atoms with E-state index in [1.54, 1.807) is 12.3 Å². The lowest BCUT2D eigenvalue weighted by Gasteiger charge is -2.33. The van der Waals surface area contributed by atoms with Crippen molar-refractivity contribution >= 4 is 17.6 Å². The first kappa shape index (κ1) is 12.6. The van der Waals surface area contributed by atoms with Gasteiger partial charge in [-0.1, -0.05) is 0 Å². The molecule has 0 radical (unpaired) electrons. The molecule has 2 heterocycles. The van der Waals surface area contributed by atoms with E-state index in [-0.39, 0.29) is 0 Å². The molecule has 0 bridgehead atoms. The summed E-state index contributed by atoms with van der Waals surface area (Å²) in [6.07, 6.45) is 1.27. The van der Waals surface area contributed by atoms with E-state index >= 15 is 0 Å². The van der Waals surface area contributed by atoms with Crippen LogP contribution in [0.2, 0.25) is 0 Å². The van der Waals surface area contributed by atoms with Gasteiger partial charge in [-0.05, 0) is 19.2 Å². The highest BCUT2D eigenvalue weighted by Crippen LogP contribution is 2.16. The Hall–Kier alpha value is -1.82. The first-order valence-electron chi connectivity index (χ1n) is 5.93. The van der Waals surface area contributed by atoms with Gasteiger partial charge in [0.2, 0.25) is 0 Å². The zero-order chi connectivity index (χ0) is 13.0. The van der Waals surface area contributed by atoms with Crippen LogP contribution in [0.5, 0.6) is 0 Å². The van der Waals surface area contributed by atoms with Crippen LogP contribution >= 0.6 is 0 Å². The van der Waals surface area contributed by atoms with Gasteiger partial charge in [-0.2, -0.15) is 0 Å². The molecule has 1 amide bonds. The molecule has 18 heavy (non-hydrogen) atoms. The van der Waals surface area contributed by atoms with Crippen LogP contribution < -0.4 is 10.2 Å². The molecule has 0 spiro atoms. The maximum Gasteiger partial charge on any atom is 0.412 e. The SMILES string of the molecule is COC(=O)Nc1ccc(N2CCN(C)CC2)cn1. The minimum atomic E-state index is -0.505. The van der Waals surface area contributed by atoms with E-state index in [1.165, 1.54) is 7.11 Å². The average Bonchev–Trinajstić information content (AvgIpc) is 2.40. The molecule has 1 saturated heterocycles. The second-order valence-corrected chi connectivity index (χ2v) is 4.31. The molecular formula is C12H18N4O2. The number of aromatic nitrogens is 1. The molecule has 0 aliphatic carbocycles. The second kappa shape index (κ2) is 5.68. The zero-order valence-electron chi connectivity index (χ0n) is 10.7. The van der Waals surface area contributed by atoms with Crippen LogP contribution in [-0.4, -0.2) is 56.3 Å². The highest BCUT2D eigenvalue weighted by Gasteiger charge is 2.14. The summed E-state index contributed by atoms with van der Waals surface area (Å²) in [6.45, 7) is 4.12. The number of likely N-dealkylation sites (N-methyl/N-ethyl adjacent to an activating group) is 1. The third-order valence-corrected chi connectivity index (χ3v) is 3.03. The van der Waals surface area contributed by atoms with Crippen LogP contribution in [0.4, 0.5) is 16.3 Å². The first-order valence-corrected chi connectivity index (χ1v) is 5.93. The highest BCUT2D eigenvalue weighted by atomic mass is 16.5. The number of hydrogen-bond acceptors (Lipinski definition) is 5. The molecule has 6 heteroatoms. The van der Waals surface area contributed by atoms with Crippen LogP contribution in [0, 0.1) is 0 Å². The molecular weight excluding hydrogens is 232 g/mol. The van der Waals surface area contributed by atoms with Crippen molar-refractivity contribution < 1.29 is 9.53 Å². The summed E-state index contributed by atoms with van der Waals surface area (Å²) in [6, 6.07) is 3.74. The summed E-state index contributed by atoms with van der Waals surface area (Å²) in [5.41, 5.74) is 1.08. The van der Waals surface area contributed by atoms with E-state index < -0.39 is 6.09 Å². The van der Waals surface area contributed by atoms with Gasteiger partial charge in [0, 0.05) is 26.2 Å². The lowest BCUT2D eigenvalue weighted by Crippen LogP contribution is -2.44. The third kappa shape index (κ3) is 3.10. The summed E-state index contributed by atoms with van der Waals surface area (Å²) in [4.78, 5) is 19.8. The lowest BCUT2D eigenvalue weighted by atomic mass is 10.3. The van der Waals surface area contributed by atoms with Gasteiger partial charge in [0.1, 0.15) is 5.82 Å². The Morgan fingerprint density at radius 1 is 1.33 bits per heavy atom. The maximum atomic E-state index is 11.0. The standard InChI is InChI=1S/C12H18N4O2/c1-15-5-7-16(8-6-15)10-3-4-11(13-9-10)14-12(17)18-2/h3-4,9H,5-8H2,1-2H3,(H,13,14,17). The molecule has 1 aromatic rings. The Bertz CT molecular complexity index is 399. The van der Waals surface area contributed by atoms with Crippen molar-refractivity contribution in [1.82, 2.24) is 9.88 Å². The molecule has 0 unspecified atom stereocenters. The minimum absolute atomic E-state index is 0.500. The Morgan fingerprint density at radius 3 is 2.61 bits per heavy atom. The van der Waals surface area contributed by atoms with Crippen molar-refractivity contribution in [3.8, 4) is 0 Å². The van der Waals surface area contributed by atoms with E-state index in [0.29, 0.717) is 5.82 Å². The first-order chi connectivity index (χ1) is 8.69. The van der Waals surface area contributed by atoms with Gasteiger partial charge in [0.15, 0.2) is 0 Å². The smallest absolute Gasteiger partial charge is 0.412 e. The van der Waals surface area contributed by atoms with Gasteiger partial charge in [-0.3, -0.25) is 5.32 Å². The Balaban J connectivity index is 1.97. The molecule has 0 atom stereocenters. The molecule has 2 rings (SSSR count). The number of pyridine rings is 1. The summed E-state index contributed by atoms with van der Waals surface area (Å²) in [5.74, 6) is 0.500. The van der Waals surface area contributed by atoms with Gasteiger partial charge in [-0.15, -0.1) is 0 Å². The lowest BCUT2D eigenvalue weighted by molar-refractivity contribution is 0.187. The molecule has 0 saturated carbocycles. The Kier molecular flexibility index (Phi) is 3.99. The zero-order valence-corrected chi connectivity index (χ0v) is 10.7. The summed E-state index contributed by atoms with van der Waals surface area (Å²) >= 11 is 0. The van der Waals surface area contributed by atoms with Crippen molar-refractivity contribution in [2.75, 3.05) is 50.6 Å². The van der Waals surface area contributed by atoms with Crippen LogP contribution in [0.1, 0.15) is 0 Å². The predicted molar refractivity (Wildman–Crippen MR) is 70.0 cm³/mol. The van der Waals surface area contributed by atoms with Crippen LogP contribution in [0.15, 0.2) is 18.3 Å². The fraction of sp³-hybridized carbons (Fsp3) is 0.500. The van der Waals surface area contributed by atoms with Gasteiger partial charge in [0.05, 0.1) is 19.0 Å². The molecule has 6 nitrogen and oxygen atoms in total. The van der Waals surface area contributed by atoms with Gasteiger partial charge in [-0.25, -0.2) is 9.78 Å². The minimum Gasteiger partial charge on any atom is -0.453 e. The molecule has 0 aromatic carbocycles. The van der Waals surface area contributed by atoms with Crippen molar-refractivity contribution in [2.24, 2.45) is 0 Å². The summed E-state index contributed by atoms with van der Waals surface area (Å²) in [7, 11) is 3.45. The normalized spacial score (nSPS) is 16.4. The van der Waals surface area contributed by atoms with Crippen LogP contribution in [-0.2, 0) is 4.74 Å². The largest absolute Gasteiger partial charge is 0.453 e. The highest BCUT2D eigenvalue weighted by molar-refractivity contribution is 5.83. The van der Waals surface area contributed by atoms with E-state index in [1.807, 2.05) is 6.07 Å². The van der Waals surface area contributed by atoms with E-state index in [0.717, 1.165) is 31.9 Å². The van der Waals surface area contributed by atoms with Crippen LogP contribution in [0.25, 0.3) is 0 Å². The molecule has 1 aliphatic heterocycles. The van der Waals surface area contributed by atoms with Crippen molar-refractivity contribution in [3.05, 3.63) is 18.3 Å². The van der Waals surface area contributed by atoms with Crippen LogP contribution in [0.3, 0.4) is 0 Å². The van der Waals surface area contributed by atoms with Gasteiger partial charge < -0.3 is 14.5 Å². The number of nitrogens with one attached hydrogen (secondary N) is 1. The number of nitrogens with zero attached hydrogens (tertiary/aromatic N) is 3. The maximum absolute atomic E-state index is 11.0. The monoisotopic (exact) mass is 250 g/mol. The Morgan fingerprint density at radius 2 is 2.06 bits per heavy atom. The number of hydrogen-bond donors (Lipinski definition) is 1. The number of amides is 1. The number of rotatable bonds is 2. The molecule has 1 aliphatic rings. The van der Waals surface area contributed by atoms with E-state index in [2.05, 4.69) is 31.9 Å².